The number of hydrogen-bond donors (Lipinski definition) is 1. The molecule has 156 valence electrons. The maximum Gasteiger partial charge on any atom is 0.266 e. The molecule has 8 heteroatoms. The molecule has 0 spiro atoms. The molecule has 1 aliphatic rings. The number of ether oxygens (including phenoxy) is 2. The molecule has 1 saturated heterocycles. The molecule has 7 nitrogen and oxygen atoms in total. The van der Waals surface area contributed by atoms with Gasteiger partial charge in [-0.2, -0.15) is 0 Å². The van der Waals surface area contributed by atoms with E-state index >= 15 is 0 Å². The number of fused-ring (bicyclic) bond motifs is 1. The van der Waals surface area contributed by atoms with Crippen molar-refractivity contribution in [3.8, 4) is 17.2 Å². The normalized spacial score (nSPS) is 14.0. The molecule has 2 heterocycles. The number of aromatic amines is 1. The smallest absolute Gasteiger partial charge is 0.266 e. The van der Waals surface area contributed by atoms with E-state index in [1.807, 2.05) is 4.90 Å². The average molecular weight is 426 g/mol. The Morgan fingerprint density at radius 1 is 1.03 bits per heavy atom. The molecule has 0 aliphatic carbocycles. The lowest BCUT2D eigenvalue weighted by molar-refractivity contribution is 0.0724. The number of methoxy groups -OCH3 is 2. The van der Waals surface area contributed by atoms with E-state index in [0.717, 1.165) is 32.4 Å². The SMILES string of the molecule is COc1ccc(OC)c(-n2c(=S)[nH]c3cc(C(=O)N4CCCCC4)ccc3c2=O)c1. The molecule has 4 rings (SSSR count). The largest absolute Gasteiger partial charge is 0.497 e. The molecule has 0 unspecified atom stereocenters. The summed E-state index contributed by atoms with van der Waals surface area (Å²) >= 11 is 5.49. The topological polar surface area (TPSA) is 76.6 Å². The number of benzene rings is 2. The van der Waals surface area contributed by atoms with E-state index in [4.69, 9.17) is 21.7 Å². The minimum Gasteiger partial charge on any atom is -0.497 e. The van der Waals surface area contributed by atoms with Crippen molar-refractivity contribution in [1.82, 2.24) is 14.5 Å². The van der Waals surface area contributed by atoms with Gasteiger partial charge >= 0.3 is 0 Å². The van der Waals surface area contributed by atoms with Crippen molar-refractivity contribution in [3.63, 3.8) is 0 Å². The van der Waals surface area contributed by atoms with Crippen molar-refractivity contribution in [2.24, 2.45) is 0 Å². The summed E-state index contributed by atoms with van der Waals surface area (Å²) in [4.78, 5) is 31.1. The molecule has 0 radical (unpaired) electrons. The van der Waals surface area contributed by atoms with Crippen LogP contribution in [0, 0.1) is 4.77 Å². The minimum atomic E-state index is -0.294. The van der Waals surface area contributed by atoms with E-state index in [2.05, 4.69) is 4.98 Å². The number of carbonyl (C=O) groups excluding carboxylic acids is 1. The highest BCUT2D eigenvalue weighted by molar-refractivity contribution is 7.71. The van der Waals surface area contributed by atoms with Crippen LogP contribution in [-0.2, 0) is 0 Å². The number of amides is 1. The van der Waals surface area contributed by atoms with Crippen LogP contribution in [0.25, 0.3) is 16.6 Å². The van der Waals surface area contributed by atoms with Crippen LogP contribution in [0.15, 0.2) is 41.2 Å². The quantitative estimate of drug-likeness (QED) is 0.645. The third-order valence-corrected chi connectivity index (χ3v) is 5.70. The Morgan fingerprint density at radius 3 is 2.50 bits per heavy atom. The van der Waals surface area contributed by atoms with Crippen molar-refractivity contribution in [1.29, 1.82) is 0 Å². The fraction of sp³-hybridized carbons (Fsp3) is 0.318. The van der Waals surface area contributed by atoms with Crippen LogP contribution >= 0.6 is 12.2 Å². The Bertz CT molecular complexity index is 1230. The molecule has 0 atom stereocenters. The van der Waals surface area contributed by atoms with Gasteiger partial charge in [0.15, 0.2) is 4.77 Å². The zero-order chi connectivity index (χ0) is 21.3. The average Bonchev–Trinajstić information content (AvgIpc) is 2.78. The van der Waals surface area contributed by atoms with Crippen molar-refractivity contribution >= 4 is 29.0 Å². The second-order valence-corrected chi connectivity index (χ2v) is 7.61. The second kappa shape index (κ2) is 8.31. The molecule has 1 N–H and O–H groups in total. The third kappa shape index (κ3) is 3.59. The first-order chi connectivity index (χ1) is 14.5. The van der Waals surface area contributed by atoms with E-state index in [1.54, 1.807) is 43.5 Å². The summed E-state index contributed by atoms with van der Waals surface area (Å²) in [6, 6.07) is 10.2. The fourth-order valence-electron chi connectivity index (χ4n) is 3.82. The zero-order valence-electron chi connectivity index (χ0n) is 16.9. The molecule has 0 saturated carbocycles. The first-order valence-electron chi connectivity index (χ1n) is 9.84. The highest BCUT2D eigenvalue weighted by Gasteiger charge is 2.19. The Kier molecular flexibility index (Phi) is 5.59. The first-order valence-corrected chi connectivity index (χ1v) is 10.2. The number of carbonyl (C=O) groups is 1. The number of likely N-dealkylation sites (tertiary alicyclic amines) is 1. The van der Waals surface area contributed by atoms with Crippen LogP contribution in [0.4, 0.5) is 0 Å². The van der Waals surface area contributed by atoms with Crippen molar-refractivity contribution in [3.05, 3.63) is 57.1 Å². The van der Waals surface area contributed by atoms with E-state index in [1.165, 1.54) is 11.7 Å². The van der Waals surface area contributed by atoms with Gasteiger partial charge < -0.3 is 19.4 Å². The molecular weight excluding hydrogens is 402 g/mol. The van der Waals surface area contributed by atoms with Gasteiger partial charge in [0.25, 0.3) is 11.5 Å². The fourth-order valence-corrected chi connectivity index (χ4v) is 4.11. The number of piperidine rings is 1. The number of hydrogen-bond acceptors (Lipinski definition) is 5. The van der Waals surface area contributed by atoms with Gasteiger partial charge in [-0.1, -0.05) is 0 Å². The van der Waals surface area contributed by atoms with Gasteiger partial charge in [0.2, 0.25) is 0 Å². The Hall–Kier alpha value is -3.13. The summed E-state index contributed by atoms with van der Waals surface area (Å²) < 4.78 is 12.3. The van der Waals surface area contributed by atoms with Crippen molar-refractivity contribution < 1.29 is 14.3 Å². The molecule has 1 amide bonds. The Morgan fingerprint density at radius 2 is 1.80 bits per heavy atom. The number of nitrogens with one attached hydrogen (secondary N) is 1. The standard InChI is InChI=1S/C22H23N3O4S/c1-28-15-7-9-19(29-2)18(13-15)25-21(27)16-8-6-14(12-17(16)23-22(25)30)20(26)24-10-4-3-5-11-24/h6-9,12-13H,3-5,10-11H2,1-2H3,(H,23,30). The molecule has 1 fully saturated rings. The first kappa shape index (κ1) is 20.2. The summed E-state index contributed by atoms with van der Waals surface area (Å²) in [5.41, 5.74) is 1.27. The predicted octanol–water partition coefficient (Wildman–Crippen LogP) is 3.69. The van der Waals surface area contributed by atoms with Crippen LogP contribution < -0.4 is 15.0 Å². The van der Waals surface area contributed by atoms with Gasteiger partial charge in [-0.05, 0) is 61.8 Å². The number of nitrogens with zero attached hydrogens (tertiary/aromatic N) is 2. The van der Waals surface area contributed by atoms with Crippen LogP contribution in [0.2, 0.25) is 0 Å². The Balaban J connectivity index is 1.83. The summed E-state index contributed by atoms with van der Waals surface area (Å²) in [5, 5.41) is 0.434. The molecule has 2 aromatic carbocycles. The molecule has 0 bridgehead atoms. The maximum absolute atomic E-state index is 13.3. The molecule has 30 heavy (non-hydrogen) atoms. The number of aromatic nitrogens is 2. The van der Waals surface area contributed by atoms with Gasteiger partial charge in [-0.25, -0.2) is 4.57 Å². The van der Waals surface area contributed by atoms with E-state index in [-0.39, 0.29) is 16.2 Å². The van der Waals surface area contributed by atoms with Crippen molar-refractivity contribution in [2.45, 2.75) is 19.3 Å². The van der Waals surface area contributed by atoms with Gasteiger partial charge in [0.05, 0.1) is 30.8 Å². The number of rotatable bonds is 4. The van der Waals surface area contributed by atoms with Crippen LogP contribution in [0.1, 0.15) is 29.6 Å². The summed E-state index contributed by atoms with van der Waals surface area (Å²) in [6.45, 7) is 1.54. The van der Waals surface area contributed by atoms with Crippen LogP contribution in [-0.4, -0.2) is 47.7 Å². The minimum absolute atomic E-state index is 0.0189. The third-order valence-electron chi connectivity index (χ3n) is 5.41. The van der Waals surface area contributed by atoms with Gasteiger partial charge in [0, 0.05) is 24.7 Å². The summed E-state index contributed by atoms with van der Waals surface area (Å²) in [7, 11) is 3.08. The van der Waals surface area contributed by atoms with Gasteiger partial charge in [-0.3, -0.25) is 9.59 Å². The maximum atomic E-state index is 13.3. The van der Waals surface area contributed by atoms with Crippen LogP contribution in [0.3, 0.4) is 0 Å². The van der Waals surface area contributed by atoms with Gasteiger partial charge in [-0.15, -0.1) is 0 Å². The predicted molar refractivity (Wildman–Crippen MR) is 118 cm³/mol. The second-order valence-electron chi connectivity index (χ2n) is 7.22. The lowest BCUT2D eigenvalue weighted by Gasteiger charge is -2.26. The molecule has 1 aliphatic heterocycles. The van der Waals surface area contributed by atoms with Crippen LogP contribution in [0.5, 0.6) is 11.5 Å². The van der Waals surface area contributed by atoms with Crippen molar-refractivity contribution in [2.75, 3.05) is 27.3 Å². The molecule has 1 aromatic heterocycles. The Labute approximate surface area is 178 Å². The monoisotopic (exact) mass is 425 g/mol. The van der Waals surface area contributed by atoms with E-state index < -0.39 is 0 Å². The van der Waals surface area contributed by atoms with E-state index in [9.17, 15) is 9.59 Å². The highest BCUT2D eigenvalue weighted by Crippen LogP contribution is 2.27. The highest BCUT2D eigenvalue weighted by atomic mass is 32.1. The van der Waals surface area contributed by atoms with E-state index in [0.29, 0.717) is 33.7 Å². The summed E-state index contributed by atoms with van der Waals surface area (Å²) in [5.74, 6) is 1.05. The summed E-state index contributed by atoms with van der Waals surface area (Å²) in [6.07, 6.45) is 3.20. The number of H-pyrrole nitrogens is 1. The molecular formula is C22H23N3O4S. The lowest BCUT2D eigenvalue weighted by Crippen LogP contribution is -2.35. The molecule has 3 aromatic rings. The van der Waals surface area contributed by atoms with Gasteiger partial charge in [0.1, 0.15) is 11.5 Å². The zero-order valence-corrected chi connectivity index (χ0v) is 17.8. The lowest BCUT2D eigenvalue weighted by atomic mass is 10.1.